The number of terminal acetylenes is 1. The van der Waals surface area contributed by atoms with E-state index in [1.54, 1.807) is 6.92 Å². The molecule has 0 aromatic rings. The van der Waals surface area contributed by atoms with Crippen LogP contribution in [0.1, 0.15) is 94.4 Å². The topological polar surface area (TPSA) is 0 Å². The van der Waals surface area contributed by atoms with Crippen LogP contribution >= 0.6 is 0 Å². The molecule has 102 valence electrons. The highest BCUT2D eigenvalue weighted by molar-refractivity contribution is 4.73. The van der Waals surface area contributed by atoms with E-state index in [9.17, 15) is 0 Å². The third-order valence-electron chi connectivity index (χ3n) is 0.707. The van der Waals surface area contributed by atoms with Gasteiger partial charge in [-0.05, 0) is 6.92 Å². The average Bonchev–Trinajstić information content (AvgIpc) is 2.25. The van der Waals surface area contributed by atoms with E-state index in [0.717, 1.165) is 0 Å². The van der Waals surface area contributed by atoms with Crippen LogP contribution in [0.15, 0.2) is 0 Å². The summed E-state index contributed by atoms with van der Waals surface area (Å²) in [4.78, 5) is 0. The summed E-state index contributed by atoms with van der Waals surface area (Å²) >= 11 is 0. The zero-order chi connectivity index (χ0) is 14.2. The van der Waals surface area contributed by atoms with Crippen molar-refractivity contribution in [3.05, 3.63) is 0 Å². The Morgan fingerprint density at radius 3 is 0.875 bits per heavy atom. The van der Waals surface area contributed by atoms with Gasteiger partial charge in [-0.25, -0.2) is 0 Å². The summed E-state index contributed by atoms with van der Waals surface area (Å²) in [6.45, 7) is 18.6. The van der Waals surface area contributed by atoms with E-state index in [2.05, 4.69) is 53.9 Å². The van der Waals surface area contributed by atoms with Gasteiger partial charge < -0.3 is 0 Å². The highest BCUT2D eigenvalue weighted by atomic mass is 13.7. The van der Waals surface area contributed by atoms with Crippen LogP contribution < -0.4 is 0 Å². The maximum Gasteiger partial charge on any atom is -0.00297 e. The van der Waals surface area contributed by atoms with Gasteiger partial charge in [-0.2, -0.15) is 0 Å². The fourth-order valence-corrected chi connectivity index (χ4v) is 0.354. The van der Waals surface area contributed by atoms with E-state index in [4.69, 9.17) is 0 Å². The Kier molecular flexibility index (Phi) is 160. The molecule has 0 radical (unpaired) electrons. The summed E-state index contributed by atoms with van der Waals surface area (Å²) < 4.78 is 0. The van der Waals surface area contributed by atoms with Gasteiger partial charge in [0.25, 0.3) is 0 Å². The molecule has 0 N–H and O–H groups in total. The molecule has 0 aliphatic heterocycles. The van der Waals surface area contributed by atoms with Crippen LogP contribution in [-0.2, 0) is 0 Å². The van der Waals surface area contributed by atoms with Gasteiger partial charge in [-0.15, -0.1) is 12.3 Å². The molecule has 0 aromatic heterocycles. The van der Waals surface area contributed by atoms with Crippen LogP contribution in [0.2, 0.25) is 0 Å². The van der Waals surface area contributed by atoms with Gasteiger partial charge in [0.05, 0.1) is 0 Å². The van der Waals surface area contributed by atoms with Crippen molar-refractivity contribution in [2.24, 2.45) is 0 Å². The van der Waals surface area contributed by atoms with Gasteiger partial charge in [0.1, 0.15) is 0 Å². The van der Waals surface area contributed by atoms with Crippen molar-refractivity contribution in [3.63, 3.8) is 0 Å². The van der Waals surface area contributed by atoms with Crippen LogP contribution in [0, 0.1) is 12.3 Å². The molecule has 16 heavy (non-hydrogen) atoms. The van der Waals surface area contributed by atoms with Gasteiger partial charge in [0.2, 0.25) is 0 Å². The third-order valence-corrected chi connectivity index (χ3v) is 0.707. The number of rotatable bonds is 2. The van der Waals surface area contributed by atoms with Crippen molar-refractivity contribution in [1.82, 2.24) is 0 Å². The summed E-state index contributed by atoms with van der Waals surface area (Å²) in [7, 11) is 0. The molecule has 0 aliphatic carbocycles. The predicted molar refractivity (Wildman–Crippen MR) is 83.0 cm³/mol. The zero-order valence-corrected chi connectivity index (χ0v) is 13.6. The minimum Gasteiger partial charge on any atom is -0.120 e. The van der Waals surface area contributed by atoms with Crippen molar-refractivity contribution in [2.75, 3.05) is 0 Å². The van der Waals surface area contributed by atoms with Gasteiger partial charge in [-0.3, -0.25) is 0 Å². The fourth-order valence-electron chi connectivity index (χ4n) is 0.354. The molecule has 0 spiro atoms. The molecule has 0 saturated heterocycles. The highest BCUT2D eigenvalue weighted by Crippen LogP contribution is 1.88. The molecule has 0 fully saturated rings. The standard InChI is InChI=1S/C5H12.2C3H8.C3H4.C2H6/c1-3-5-4-2;3*1-3-2;1-2/h3-5H2,1-2H3;2*3H2,1-2H3;1H,2H3;1-2H3. The second-order valence-corrected chi connectivity index (χ2v) is 3.06. The number of hydrogen-bond donors (Lipinski definition) is 0. The highest BCUT2D eigenvalue weighted by Gasteiger charge is 1.68. The van der Waals surface area contributed by atoms with Crippen LogP contribution in [0.5, 0.6) is 0 Å². The largest absolute Gasteiger partial charge is 0.120 e. The van der Waals surface area contributed by atoms with Crippen molar-refractivity contribution in [1.29, 1.82) is 0 Å². The Morgan fingerprint density at radius 2 is 0.875 bits per heavy atom. The monoisotopic (exact) mass is 230 g/mol. The van der Waals surface area contributed by atoms with Crippen molar-refractivity contribution in [3.8, 4) is 12.3 Å². The first kappa shape index (κ1) is 29.6. The average molecular weight is 230 g/mol. The van der Waals surface area contributed by atoms with Crippen LogP contribution in [0.4, 0.5) is 0 Å². The van der Waals surface area contributed by atoms with Crippen molar-refractivity contribution < 1.29 is 0 Å². The SMILES string of the molecule is C#CC.CC.CCC.CCC.CCCCC. The molecule has 0 bridgehead atoms. The fraction of sp³-hybridized carbons (Fsp3) is 0.875. The first-order chi connectivity index (χ1) is 7.66. The summed E-state index contributed by atoms with van der Waals surface area (Å²) in [5.74, 6) is 2.25. The molecule has 0 aromatic carbocycles. The first-order valence-corrected chi connectivity index (χ1v) is 7.03. The molecule has 0 saturated carbocycles. The molecule has 0 nitrogen and oxygen atoms in total. The lowest BCUT2D eigenvalue weighted by atomic mass is 10.3. The maximum absolute atomic E-state index is 4.60. The van der Waals surface area contributed by atoms with Crippen LogP contribution in [0.3, 0.4) is 0 Å². The normalized spacial score (nSPS) is 5.75. The van der Waals surface area contributed by atoms with E-state index in [0.29, 0.717) is 0 Å². The van der Waals surface area contributed by atoms with E-state index in [1.807, 2.05) is 13.8 Å². The minimum atomic E-state index is 1.25. The van der Waals surface area contributed by atoms with E-state index < -0.39 is 0 Å². The molecular weight excluding hydrogens is 192 g/mol. The van der Waals surface area contributed by atoms with Gasteiger partial charge in [-0.1, -0.05) is 87.5 Å². The van der Waals surface area contributed by atoms with E-state index in [1.165, 1.54) is 32.1 Å². The maximum atomic E-state index is 4.60. The second kappa shape index (κ2) is 86.6. The molecule has 0 aliphatic rings. The van der Waals surface area contributed by atoms with Crippen molar-refractivity contribution in [2.45, 2.75) is 94.4 Å². The summed E-state index contributed by atoms with van der Waals surface area (Å²) in [6, 6.07) is 0. The smallest absolute Gasteiger partial charge is 0.00297 e. The van der Waals surface area contributed by atoms with Crippen molar-refractivity contribution >= 4 is 0 Å². The Balaban J connectivity index is -0.0000000329. The Hall–Kier alpha value is -0.440. The summed E-state index contributed by atoms with van der Waals surface area (Å²) in [6.07, 6.45) is 11.2. The first-order valence-electron chi connectivity index (χ1n) is 7.03. The third kappa shape index (κ3) is 879. The lowest BCUT2D eigenvalue weighted by Gasteiger charge is -1.79. The molecule has 0 unspecified atom stereocenters. The Morgan fingerprint density at radius 1 is 0.750 bits per heavy atom. The summed E-state index contributed by atoms with van der Waals surface area (Å²) in [5, 5.41) is 0. The molecule has 0 heteroatoms. The predicted octanol–water partition coefficient (Wildman–Crippen LogP) is 6.69. The number of unbranched alkanes of at least 4 members (excludes halogenated alkanes) is 2. The van der Waals surface area contributed by atoms with Crippen LogP contribution in [-0.4, -0.2) is 0 Å². The minimum absolute atomic E-state index is 1.25. The van der Waals surface area contributed by atoms with Crippen LogP contribution in [0.25, 0.3) is 0 Å². The lowest BCUT2D eigenvalue weighted by molar-refractivity contribution is 0.772. The second-order valence-electron chi connectivity index (χ2n) is 3.06. The van der Waals surface area contributed by atoms with E-state index in [-0.39, 0.29) is 0 Å². The summed E-state index contributed by atoms with van der Waals surface area (Å²) in [5.41, 5.74) is 0. The molecule has 0 atom stereocenters. The Bertz CT molecular complexity index is 62.6. The number of hydrogen-bond acceptors (Lipinski definition) is 0. The Labute approximate surface area is 107 Å². The molecule has 0 heterocycles. The van der Waals surface area contributed by atoms with Gasteiger partial charge >= 0.3 is 0 Å². The molecular formula is C16H38. The molecule has 0 amide bonds. The lowest BCUT2D eigenvalue weighted by Crippen LogP contribution is -1.59. The van der Waals surface area contributed by atoms with E-state index >= 15 is 0 Å². The zero-order valence-electron chi connectivity index (χ0n) is 13.6. The van der Waals surface area contributed by atoms with Gasteiger partial charge in [0.15, 0.2) is 0 Å². The quantitative estimate of drug-likeness (QED) is 0.463. The molecule has 0 rings (SSSR count). The van der Waals surface area contributed by atoms with Gasteiger partial charge in [0, 0.05) is 0 Å².